The number of phenols is 1. The first-order valence-corrected chi connectivity index (χ1v) is 9.85. The van der Waals surface area contributed by atoms with E-state index in [4.69, 9.17) is 0 Å². The van der Waals surface area contributed by atoms with Gasteiger partial charge in [-0.1, -0.05) is 53.7 Å². The summed E-state index contributed by atoms with van der Waals surface area (Å²) in [6.07, 6.45) is 5.15. The number of nitrogens with zero attached hydrogens (tertiary/aromatic N) is 1. The second-order valence-electron chi connectivity index (χ2n) is 10.4. The van der Waals surface area contributed by atoms with Crippen LogP contribution in [0.3, 0.4) is 0 Å². The van der Waals surface area contributed by atoms with Gasteiger partial charge in [0.1, 0.15) is 5.75 Å². The third-order valence-corrected chi connectivity index (χ3v) is 6.44. The van der Waals surface area contributed by atoms with Gasteiger partial charge in [0, 0.05) is 11.1 Å². The normalized spacial score (nSPS) is 29.8. The average molecular weight is 367 g/mol. The summed E-state index contributed by atoms with van der Waals surface area (Å²) in [6.45, 7) is 12.2. The molecule has 3 aliphatic rings. The molecule has 1 saturated carbocycles. The van der Waals surface area contributed by atoms with Gasteiger partial charge in [-0.25, -0.2) is 4.90 Å². The van der Waals surface area contributed by atoms with Crippen LogP contribution in [0.2, 0.25) is 0 Å². The third kappa shape index (κ3) is 2.56. The predicted molar refractivity (Wildman–Crippen MR) is 106 cm³/mol. The quantitative estimate of drug-likeness (QED) is 0.595. The Bertz CT molecular complexity index is 804. The molecule has 1 aromatic carbocycles. The standard InChI is InChI=1S/C23H29NO3/c1-22(2,3)15-10-14(11-16(19(15)25)23(4,5)6)24-20(26)17-12-7-8-13(9-12)18(17)21(24)27/h7-8,10-13,17-18,25H,9H2,1-6H3. The number of hydrogen-bond donors (Lipinski definition) is 1. The number of phenolic OH excluding ortho intramolecular Hbond substituents is 1. The molecule has 1 aliphatic heterocycles. The molecular formula is C23H29NO3. The number of hydrogen-bond acceptors (Lipinski definition) is 3. The van der Waals surface area contributed by atoms with E-state index in [1.807, 2.05) is 53.7 Å². The summed E-state index contributed by atoms with van der Waals surface area (Å²) in [4.78, 5) is 27.8. The largest absolute Gasteiger partial charge is 0.507 e. The van der Waals surface area contributed by atoms with E-state index in [-0.39, 0.29) is 52.1 Å². The highest BCUT2D eigenvalue weighted by Crippen LogP contribution is 2.54. The van der Waals surface area contributed by atoms with Crippen LogP contribution in [0, 0.1) is 23.7 Å². The number of allylic oxidation sites excluding steroid dienone is 2. The first kappa shape index (κ1) is 18.3. The zero-order chi connectivity index (χ0) is 19.9. The van der Waals surface area contributed by atoms with Crippen molar-refractivity contribution in [1.29, 1.82) is 0 Å². The van der Waals surface area contributed by atoms with Crippen molar-refractivity contribution in [3.63, 3.8) is 0 Å². The van der Waals surface area contributed by atoms with Crippen molar-refractivity contribution in [3.05, 3.63) is 35.4 Å². The fourth-order valence-corrected chi connectivity index (χ4v) is 5.05. The number of fused-ring (bicyclic) bond motifs is 5. The zero-order valence-corrected chi connectivity index (χ0v) is 17.0. The Labute approximate surface area is 161 Å². The smallest absolute Gasteiger partial charge is 0.238 e. The van der Waals surface area contributed by atoms with E-state index in [9.17, 15) is 14.7 Å². The van der Waals surface area contributed by atoms with E-state index >= 15 is 0 Å². The van der Waals surface area contributed by atoms with Crippen LogP contribution in [0.5, 0.6) is 5.75 Å². The van der Waals surface area contributed by atoms with Crippen LogP contribution in [0.25, 0.3) is 0 Å². The molecule has 4 nitrogen and oxygen atoms in total. The molecule has 4 rings (SSSR count). The molecule has 1 heterocycles. The minimum atomic E-state index is -0.303. The van der Waals surface area contributed by atoms with Gasteiger partial charge >= 0.3 is 0 Å². The molecular weight excluding hydrogens is 338 g/mol. The molecule has 1 saturated heterocycles. The second-order valence-corrected chi connectivity index (χ2v) is 10.4. The van der Waals surface area contributed by atoms with Gasteiger partial charge in [0.2, 0.25) is 11.8 Å². The van der Waals surface area contributed by atoms with Crippen LogP contribution in [-0.4, -0.2) is 16.9 Å². The molecule has 2 fully saturated rings. The van der Waals surface area contributed by atoms with E-state index in [0.29, 0.717) is 5.69 Å². The van der Waals surface area contributed by atoms with Gasteiger partial charge in [0.05, 0.1) is 17.5 Å². The third-order valence-electron chi connectivity index (χ3n) is 6.44. The Kier molecular flexibility index (Phi) is 3.70. The van der Waals surface area contributed by atoms with E-state index in [0.717, 1.165) is 17.5 Å². The van der Waals surface area contributed by atoms with Gasteiger partial charge in [0.25, 0.3) is 0 Å². The summed E-state index contributed by atoms with van der Waals surface area (Å²) < 4.78 is 0. The molecule has 4 atom stereocenters. The van der Waals surface area contributed by atoms with Crippen LogP contribution >= 0.6 is 0 Å². The molecule has 27 heavy (non-hydrogen) atoms. The molecule has 2 bridgehead atoms. The molecule has 2 amide bonds. The minimum Gasteiger partial charge on any atom is -0.507 e. The van der Waals surface area contributed by atoms with Crippen molar-refractivity contribution >= 4 is 17.5 Å². The fraction of sp³-hybridized carbons (Fsp3) is 0.565. The maximum absolute atomic E-state index is 13.2. The van der Waals surface area contributed by atoms with Crippen LogP contribution < -0.4 is 4.90 Å². The Morgan fingerprint density at radius 1 is 0.852 bits per heavy atom. The lowest BCUT2D eigenvalue weighted by Crippen LogP contribution is -2.33. The molecule has 1 aromatic rings. The number of anilines is 1. The Morgan fingerprint density at radius 2 is 1.26 bits per heavy atom. The number of aromatic hydroxyl groups is 1. The number of amides is 2. The van der Waals surface area contributed by atoms with Gasteiger partial charge in [-0.05, 0) is 41.2 Å². The van der Waals surface area contributed by atoms with Crippen molar-refractivity contribution < 1.29 is 14.7 Å². The molecule has 2 aliphatic carbocycles. The number of imide groups is 1. The van der Waals surface area contributed by atoms with Gasteiger partial charge in [-0.2, -0.15) is 0 Å². The molecule has 1 N–H and O–H groups in total. The van der Waals surface area contributed by atoms with Crippen molar-refractivity contribution in [1.82, 2.24) is 0 Å². The molecule has 4 heteroatoms. The van der Waals surface area contributed by atoms with E-state index in [1.54, 1.807) is 0 Å². The van der Waals surface area contributed by atoms with Gasteiger partial charge in [-0.15, -0.1) is 0 Å². The van der Waals surface area contributed by atoms with Gasteiger partial charge < -0.3 is 5.11 Å². The summed E-state index contributed by atoms with van der Waals surface area (Å²) in [5.41, 5.74) is 1.53. The molecule has 144 valence electrons. The Morgan fingerprint density at radius 3 is 1.63 bits per heavy atom. The SMILES string of the molecule is CC(C)(C)c1cc(N2C(=O)C3C4C=CC(C4)C3C2=O)cc(C(C)(C)C)c1O. The molecule has 4 unspecified atom stereocenters. The van der Waals surface area contributed by atoms with Crippen LogP contribution in [0.1, 0.15) is 59.1 Å². The second kappa shape index (κ2) is 5.46. The van der Waals surface area contributed by atoms with E-state index in [2.05, 4.69) is 12.2 Å². The summed E-state index contributed by atoms with van der Waals surface area (Å²) in [5, 5.41) is 10.9. The molecule has 0 aromatic heterocycles. The highest BCUT2D eigenvalue weighted by molar-refractivity contribution is 6.23. The Balaban J connectivity index is 1.85. The summed E-state index contributed by atoms with van der Waals surface area (Å²) in [5.74, 6) is 0.0831. The number of carbonyl (C=O) groups is 2. The van der Waals surface area contributed by atoms with E-state index in [1.165, 1.54) is 4.90 Å². The van der Waals surface area contributed by atoms with Gasteiger partial charge in [0.15, 0.2) is 0 Å². The predicted octanol–water partition coefficient (Wildman–Crippen LogP) is 4.30. The maximum atomic E-state index is 13.2. The van der Waals surface area contributed by atoms with Crippen LogP contribution in [0.4, 0.5) is 5.69 Å². The molecule has 0 radical (unpaired) electrons. The maximum Gasteiger partial charge on any atom is 0.238 e. The number of carbonyl (C=O) groups excluding carboxylic acids is 2. The van der Waals surface area contributed by atoms with Crippen molar-refractivity contribution in [3.8, 4) is 5.75 Å². The first-order chi connectivity index (χ1) is 12.4. The monoisotopic (exact) mass is 367 g/mol. The summed E-state index contributed by atoms with van der Waals surface area (Å²) in [7, 11) is 0. The zero-order valence-electron chi connectivity index (χ0n) is 17.0. The lowest BCUT2D eigenvalue weighted by atomic mass is 9.79. The fourth-order valence-electron chi connectivity index (χ4n) is 5.05. The van der Waals surface area contributed by atoms with Crippen molar-refractivity contribution in [2.24, 2.45) is 23.7 Å². The summed E-state index contributed by atoms with van der Waals surface area (Å²) in [6, 6.07) is 3.66. The lowest BCUT2D eigenvalue weighted by Gasteiger charge is -2.30. The van der Waals surface area contributed by atoms with Crippen LogP contribution in [0.15, 0.2) is 24.3 Å². The van der Waals surface area contributed by atoms with E-state index < -0.39 is 0 Å². The van der Waals surface area contributed by atoms with Crippen molar-refractivity contribution in [2.75, 3.05) is 4.90 Å². The Hall–Kier alpha value is -2.10. The number of rotatable bonds is 1. The van der Waals surface area contributed by atoms with Crippen molar-refractivity contribution in [2.45, 2.75) is 58.8 Å². The number of benzene rings is 1. The average Bonchev–Trinajstić information content (AvgIpc) is 3.20. The lowest BCUT2D eigenvalue weighted by molar-refractivity contribution is -0.123. The van der Waals surface area contributed by atoms with Gasteiger partial charge in [-0.3, -0.25) is 9.59 Å². The highest BCUT2D eigenvalue weighted by Gasteiger charge is 2.59. The summed E-state index contributed by atoms with van der Waals surface area (Å²) >= 11 is 0. The van der Waals surface area contributed by atoms with Crippen LogP contribution in [-0.2, 0) is 20.4 Å². The minimum absolute atomic E-state index is 0.0766. The highest BCUT2D eigenvalue weighted by atomic mass is 16.3. The topological polar surface area (TPSA) is 57.6 Å². The molecule has 0 spiro atoms. The first-order valence-electron chi connectivity index (χ1n) is 9.85.